The van der Waals surface area contributed by atoms with Gasteiger partial charge in [-0.25, -0.2) is 9.78 Å². The zero-order chi connectivity index (χ0) is 11.5. The number of carbonyl (C=O) groups is 1. The fourth-order valence-electron chi connectivity index (χ4n) is 1.03. The van der Waals surface area contributed by atoms with Crippen molar-refractivity contribution in [2.75, 3.05) is 0 Å². The van der Waals surface area contributed by atoms with Crippen LogP contribution in [-0.4, -0.2) is 30.9 Å². The Kier molecular flexibility index (Phi) is 2.42. The number of aromatic hydroxyl groups is 2. The maximum atomic E-state index is 11.4. The predicted molar refractivity (Wildman–Crippen MR) is 50.7 cm³/mol. The van der Waals surface area contributed by atoms with Crippen LogP contribution in [0, 0.1) is 0 Å². The van der Waals surface area contributed by atoms with Crippen LogP contribution in [0.4, 0.5) is 0 Å². The highest BCUT2D eigenvalue weighted by atomic mass is 16.7. The average Bonchev–Trinajstić information content (AvgIpc) is 2.62. The quantitative estimate of drug-likeness (QED) is 0.738. The van der Waals surface area contributed by atoms with Gasteiger partial charge in [-0.05, 0) is 0 Å². The molecule has 7 heteroatoms. The topological polar surface area (TPSA) is 97.5 Å². The van der Waals surface area contributed by atoms with E-state index in [-0.39, 0.29) is 5.69 Å². The fraction of sp³-hybridized carbons (Fsp3) is 0. The Morgan fingerprint density at radius 2 is 1.94 bits per heavy atom. The summed E-state index contributed by atoms with van der Waals surface area (Å²) in [6.45, 7) is 0. The maximum Gasteiger partial charge on any atom is 0.383 e. The fourth-order valence-corrected chi connectivity index (χ4v) is 1.03. The summed E-state index contributed by atoms with van der Waals surface area (Å²) >= 11 is 0. The van der Waals surface area contributed by atoms with Crippen molar-refractivity contribution in [1.82, 2.24) is 14.7 Å². The van der Waals surface area contributed by atoms with Crippen molar-refractivity contribution < 1.29 is 19.8 Å². The lowest BCUT2D eigenvalue weighted by atomic mass is 10.5. The van der Waals surface area contributed by atoms with Crippen LogP contribution in [0.2, 0.25) is 0 Å². The Morgan fingerprint density at radius 3 is 2.50 bits per heavy atom. The first kappa shape index (κ1) is 9.97. The lowest BCUT2D eigenvalue weighted by Crippen LogP contribution is -2.20. The zero-order valence-electron chi connectivity index (χ0n) is 7.94. The first-order chi connectivity index (χ1) is 7.68. The van der Waals surface area contributed by atoms with Gasteiger partial charge in [0.2, 0.25) is 11.8 Å². The molecule has 82 valence electrons. The van der Waals surface area contributed by atoms with Gasteiger partial charge in [-0.2, -0.15) is 0 Å². The summed E-state index contributed by atoms with van der Waals surface area (Å²) in [4.78, 5) is 23.5. The molecule has 0 saturated carbocycles. The molecule has 0 aliphatic heterocycles. The monoisotopic (exact) mass is 221 g/mol. The molecule has 2 N–H and O–H groups in total. The molecule has 2 aromatic rings. The molecular formula is C9H7N3O4. The molecule has 0 aromatic carbocycles. The van der Waals surface area contributed by atoms with E-state index in [0.717, 1.165) is 0 Å². The molecule has 0 atom stereocenters. The molecule has 16 heavy (non-hydrogen) atoms. The van der Waals surface area contributed by atoms with E-state index in [1.165, 1.54) is 30.7 Å². The van der Waals surface area contributed by atoms with Crippen molar-refractivity contribution in [3.05, 3.63) is 36.4 Å². The molecule has 0 radical (unpaired) electrons. The van der Waals surface area contributed by atoms with Gasteiger partial charge in [0.15, 0.2) is 5.69 Å². The number of rotatable bonds is 2. The van der Waals surface area contributed by atoms with Gasteiger partial charge in [0.25, 0.3) is 0 Å². The van der Waals surface area contributed by atoms with Gasteiger partial charge >= 0.3 is 5.97 Å². The van der Waals surface area contributed by atoms with Crippen molar-refractivity contribution in [1.29, 1.82) is 0 Å². The Morgan fingerprint density at radius 1 is 1.25 bits per heavy atom. The van der Waals surface area contributed by atoms with Crippen LogP contribution in [0.25, 0.3) is 0 Å². The van der Waals surface area contributed by atoms with Crippen LogP contribution in [0.3, 0.4) is 0 Å². The van der Waals surface area contributed by atoms with Crippen LogP contribution in [0.5, 0.6) is 11.8 Å². The second kappa shape index (κ2) is 3.89. The highest BCUT2D eigenvalue weighted by Gasteiger charge is 2.14. The molecule has 0 amide bonds. The maximum absolute atomic E-state index is 11.4. The molecule has 0 fully saturated rings. The zero-order valence-corrected chi connectivity index (χ0v) is 7.94. The molecule has 7 nitrogen and oxygen atoms in total. The summed E-state index contributed by atoms with van der Waals surface area (Å²) in [6, 6.07) is 2.36. The van der Waals surface area contributed by atoms with Crippen LogP contribution < -0.4 is 4.84 Å². The van der Waals surface area contributed by atoms with Crippen molar-refractivity contribution in [3.63, 3.8) is 0 Å². The van der Waals surface area contributed by atoms with E-state index in [9.17, 15) is 15.0 Å². The van der Waals surface area contributed by atoms with Crippen molar-refractivity contribution in [2.24, 2.45) is 0 Å². The molecule has 2 rings (SSSR count). The Balaban J connectivity index is 2.21. The molecule has 0 aliphatic carbocycles. The highest BCUT2D eigenvalue weighted by molar-refractivity contribution is 5.87. The van der Waals surface area contributed by atoms with E-state index in [1.807, 2.05) is 0 Å². The minimum absolute atomic E-state index is 0.0324. The van der Waals surface area contributed by atoms with E-state index in [0.29, 0.717) is 4.73 Å². The van der Waals surface area contributed by atoms with Crippen LogP contribution in [-0.2, 0) is 0 Å². The van der Waals surface area contributed by atoms with E-state index in [4.69, 9.17) is 0 Å². The largest absolute Gasteiger partial charge is 0.492 e. The predicted octanol–water partition coefficient (Wildman–Crippen LogP) is -0.0417. The Hall–Kier alpha value is -2.57. The van der Waals surface area contributed by atoms with E-state index in [1.54, 1.807) is 0 Å². The third kappa shape index (κ3) is 1.78. The van der Waals surface area contributed by atoms with Gasteiger partial charge in [0, 0.05) is 24.5 Å². The van der Waals surface area contributed by atoms with Gasteiger partial charge in [-0.15, -0.1) is 4.73 Å². The minimum Gasteiger partial charge on any atom is -0.492 e. The Labute approximate surface area is 89.5 Å². The van der Waals surface area contributed by atoms with Gasteiger partial charge in [0.05, 0.1) is 6.20 Å². The van der Waals surface area contributed by atoms with E-state index < -0.39 is 17.7 Å². The van der Waals surface area contributed by atoms with Crippen molar-refractivity contribution >= 4 is 5.97 Å². The van der Waals surface area contributed by atoms with E-state index >= 15 is 0 Å². The average molecular weight is 221 g/mol. The lowest BCUT2D eigenvalue weighted by Gasteiger charge is -2.05. The summed E-state index contributed by atoms with van der Waals surface area (Å²) in [5.41, 5.74) is -0.0324. The van der Waals surface area contributed by atoms with Crippen LogP contribution in [0.1, 0.15) is 10.5 Å². The molecule has 2 heterocycles. The summed E-state index contributed by atoms with van der Waals surface area (Å²) in [5, 5.41) is 18.4. The molecule has 0 saturated heterocycles. The van der Waals surface area contributed by atoms with Gasteiger partial charge in [0.1, 0.15) is 0 Å². The summed E-state index contributed by atoms with van der Waals surface area (Å²) in [7, 11) is 0. The first-order valence-electron chi connectivity index (χ1n) is 4.27. The number of nitrogens with zero attached hydrogens (tertiary/aromatic N) is 3. The lowest BCUT2D eigenvalue weighted by molar-refractivity contribution is 0.0374. The number of hydrogen-bond donors (Lipinski definition) is 2. The molecule has 2 aromatic heterocycles. The van der Waals surface area contributed by atoms with E-state index in [2.05, 4.69) is 14.8 Å². The second-order valence-electron chi connectivity index (χ2n) is 2.81. The Bertz CT molecular complexity index is 489. The highest BCUT2D eigenvalue weighted by Crippen LogP contribution is 2.18. The third-order valence-electron chi connectivity index (χ3n) is 1.74. The number of aromatic nitrogens is 3. The van der Waals surface area contributed by atoms with Gasteiger partial charge in [-0.3, -0.25) is 4.98 Å². The first-order valence-corrected chi connectivity index (χ1v) is 4.27. The second-order valence-corrected chi connectivity index (χ2v) is 2.81. The van der Waals surface area contributed by atoms with Crippen LogP contribution in [0.15, 0.2) is 30.7 Å². The van der Waals surface area contributed by atoms with Crippen molar-refractivity contribution in [2.45, 2.75) is 0 Å². The summed E-state index contributed by atoms with van der Waals surface area (Å²) in [5.74, 6) is -1.63. The van der Waals surface area contributed by atoms with Crippen molar-refractivity contribution in [3.8, 4) is 11.8 Å². The molecule has 0 aliphatic rings. The molecule has 0 unspecified atom stereocenters. The number of hydrogen-bond acceptors (Lipinski definition) is 6. The van der Waals surface area contributed by atoms with Gasteiger partial charge < -0.3 is 15.1 Å². The van der Waals surface area contributed by atoms with Crippen LogP contribution >= 0.6 is 0 Å². The molecule has 0 bridgehead atoms. The molecule has 0 spiro atoms. The smallest absolute Gasteiger partial charge is 0.383 e. The normalized spacial score (nSPS) is 10.0. The van der Waals surface area contributed by atoms with Gasteiger partial charge in [-0.1, -0.05) is 0 Å². The molecular weight excluding hydrogens is 214 g/mol. The summed E-state index contributed by atoms with van der Waals surface area (Å²) < 4.78 is 0.580. The minimum atomic E-state index is -0.838. The SMILES string of the molecule is O=C(On1c(O)ccc1O)c1cnccn1. The third-order valence-corrected chi connectivity index (χ3v) is 1.74. The number of carbonyl (C=O) groups excluding carboxylic acids is 1. The summed E-state index contributed by atoms with van der Waals surface area (Å²) in [6.07, 6.45) is 3.94. The standard InChI is InChI=1S/C9H7N3O4/c13-7-1-2-8(14)12(7)16-9(15)6-5-10-3-4-11-6/h1-5,13-14H.